The highest BCUT2D eigenvalue weighted by Crippen LogP contribution is 2.50. The third kappa shape index (κ3) is 7.06. The molecule has 0 aliphatic rings. The van der Waals surface area contributed by atoms with E-state index in [-0.39, 0.29) is 0 Å². The average molecular weight is 315 g/mol. The fourth-order valence-electron chi connectivity index (χ4n) is 2.53. The monoisotopic (exact) mass is 315 g/mol. The molecule has 0 rings (SSSR count). The maximum absolute atomic E-state index is 8.68. The molecule has 0 bridgehead atoms. The Morgan fingerprint density at radius 2 is 1.24 bits per heavy atom. The van der Waals surface area contributed by atoms with Gasteiger partial charge in [-0.25, -0.2) is 9.34 Å². The maximum atomic E-state index is 8.68. The van der Waals surface area contributed by atoms with Crippen LogP contribution in [-0.4, -0.2) is 40.1 Å². The molecule has 0 aromatic heterocycles. The van der Waals surface area contributed by atoms with Gasteiger partial charge in [-0.2, -0.15) is 5.26 Å². The highest BCUT2D eigenvalue weighted by atomic mass is 31.2. The number of nitriles is 1. The van der Waals surface area contributed by atoms with Gasteiger partial charge in [-0.3, -0.25) is 0 Å². The van der Waals surface area contributed by atoms with Gasteiger partial charge in [0, 0.05) is 30.6 Å². The van der Waals surface area contributed by atoms with E-state index in [1.54, 1.807) is 0 Å². The molecule has 0 aromatic rings. The molecule has 0 N–H and O–H groups in total. The summed E-state index contributed by atoms with van der Waals surface area (Å²) in [6.45, 7) is 18.5. The lowest BCUT2D eigenvalue weighted by molar-refractivity contribution is 0.186. The van der Waals surface area contributed by atoms with E-state index in [4.69, 9.17) is 9.79 Å². The van der Waals surface area contributed by atoms with Crippen LogP contribution in [0.2, 0.25) is 0 Å². The number of unbranched alkanes of at least 4 members (excludes halogenated alkanes) is 1. The van der Waals surface area contributed by atoms with Crippen LogP contribution in [-0.2, 0) is 4.52 Å². The first-order valence-electron chi connectivity index (χ1n) is 8.10. The maximum Gasteiger partial charge on any atom is 0.188 e. The van der Waals surface area contributed by atoms with Crippen molar-refractivity contribution < 1.29 is 4.52 Å². The highest BCUT2D eigenvalue weighted by Gasteiger charge is 2.34. The minimum atomic E-state index is -0.805. The van der Waals surface area contributed by atoms with E-state index < -0.39 is 8.45 Å². The van der Waals surface area contributed by atoms with E-state index in [0.29, 0.717) is 37.2 Å². The van der Waals surface area contributed by atoms with Crippen LogP contribution in [0.3, 0.4) is 0 Å². The number of hydrogen-bond acceptors (Lipinski definition) is 4. The second kappa shape index (κ2) is 10.5. The van der Waals surface area contributed by atoms with Crippen molar-refractivity contribution in [2.45, 2.75) is 92.4 Å². The van der Waals surface area contributed by atoms with Crippen molar-refractivity contribution in [2.24, 2.45) is 0 Å². The molecule has 21 heavy (non-hydrogen) atoms. The Labute approximate surface area is 133 Å². The SMILES string of the molecule is CC(C)N(C(C)C)P(OCCCC#N)N(C(C)C)C(C)C. The van der Waals surface area contributed by atoms with Crippen molar-refractivity contribution in [3.63, 3.8) is 0 Å². The average Bonchev–Trinajstić information content (AvgIpc) is 2.32. The zero-order chi connectivity index (χ0) is 16.6. The number of rotatable bonds is 10. The zero-order valence-corrected chi connectivity index (χ0v) is 16.0. The van der Waals surface area contributed by atoms with E-state index in [1.165, 1.54) is 0 Å². The molecule has 4 nitrogen and oxygen atoms in total. The van der Waals surface area contributed by atoms with Crippen LogP contribution >= 0.6 is 8.45 Å². The molecule has 0 atom stereocenters. The van der Waals surface area contributed by atoms with Crippen molar-refractivity contribution >= 4 is 8.45 Å². The molecule has 124 valence electrons. The Morgan fingerprint density at radius 1 is 0.857 bits per heavy atom. The van der Waals surface area contributed by atoms with Crippen molar-refractivity contribution in [2.75, 3.05) is 6.61 Å². The molecule has 0 aliphatic heterocycles. The summed E-state index contributed by atoms with van der Waals surface area (Å²) in [6.07, 6.45) is 1.37. The van der Waals surface area contributed by atoms with Gasteiger partial charge in [-0.05, 0) is 61.8 Å². The van der Waals surface area contributed by atoms with Gasteiger partial charge >= 0.3 is 0 Å². The molecule has 0 aromatic carbocycles. The first kappa shape index (κ1) is 20.8. The molecular weight excluding hydrogens is 281 g/mol. The summed E-state index contributed by atoms with van der Waals surface area (Å²) in [5.74, 6) is 0. The van der Waals surface area contributed by atoms with Crippen LogP contribution < -0.4 is 0 Å². The molecule has 0 amide bonds. The molecule has 0 saturated heterocycles. The standard InChI is InChI=1S/C16H34N3OP/c1-13(2)18(14(3)4)21(20-12-10-9-11-17)19(15(5)6)16(7)8/h13-16H,9-10,12H2,1-8H3. The van der Waals surface area contributed by atoms with E-state index in [2.05, 4.69) is 70.8 Å². The lowest BCUT2D eigenvalue weighted by Crippen LogP contribution is -2.43. The van der Waals surface area contributed by atoms with Crippen LogP contribution in [0, 0.1) is 11.3 Å². The predicted molar refractivity (Wildman–Crippen MR) is 91.9 cm³/mol. The van der Waals surface area contributed by atoms with Crippen LogP contribution in [0.5, 0.6) is 0 Å². The van der Waals surface area contributed by atoms with E-state index >= 15 is 0 Å². The van der Waals surface area contributed by atoms with Gasteiger partial charge in [0.1, 0.15) is 0 Å². The first-order valence-corrected chi connectivity index (χ1v) is 9.27. The molecule has 0 heterocycles. The quantitative estimate of drug-likeness (QED) is 0.430. The Kier molecular flexibility index (Phi) is 10.4. The van der Waals surface area contributed by atoms with Crippen LogP contribution in [0.1, 0.15) is 68.2 Å². The summed E-state index contributed by atoms with van der Waals surface area (Å²) < 4.78 is 11.2. The summed E-state index contributed by atoms with van der Waals surface area (Å²) in [5, 5.41) is 8.68. The molecule has 0 aliphatic carbocycles. The molecule has 0 unspecified atom stereocenters. The molecule has 5 heteroatoms. The van der Waals surface area contributed by atoms with Crippen molar-refractivity contribution in [3.05, 3.63) is 0 Å². The zero-order valence-electron chi connectivity index (χ0n) is 15.1. The molecule has 0 spiro atoms. The molecule has 0 radical (unpaired) electrons. The highest BCUT2D eigenvalue weighted by molar-refractivity contribution is 7.47. The fourth-order valence-corrected chi connectivity index (χ4v) is 4.91. The van der Waals surface area contributed by atoms with Gasteiger partial charge in [0.15, 0.2) is 8.45 Å². The fraction of sp³-hybridized carbons (Fsp3) is 0.938. The lowest BCUT2D eigenvalue weighted by Gasteiger charge is -2.45. The third-order valence-corrected chi connectivity index (χ3v) is 6.20. The predicted octanol–water partition coefficient (Wildman–Crippen LogP) is 4.77. The van der Waals surface area contributed by atoms with E-state index in [1.807, 2.05) is 0 Å². The third-order valence-electron chi connectivity index (χ3n) is 3.15. The van der Waals surface area contributed by atoms with E-state index in [0.717, 1.165) is 6.42 Å². The van der Waals surface area contributed by atoms with Crippen LogP contribution in [0.4, 0.5) is 0 Å². The van der Waals surface area contributed by atoms with Gasteiger partial charge in [0.2, 0.25) is 0 Å². The Hall–Kier alpha value is -0.200. The van der Waals surface area contributed by atoms with Gasteiger partial charge < -0.3 is 4.52 Å². The summed E-state index contributed by atoms with van der Waals surface area (Å²) in [6, 6.07) is 3.94. The smallest absolute Gasteiger partial charge is 0.188 e. The number of nitrogens with zero attached hydrogens (tertiary/aromatic N) is 3. The Balaban J connectivity index is 5.17. The second-order valence-corrected chi connectivity index (χ2v) is 8.17. The van der Waals surface area contributed by atoms with E-state index in [9.17, 15) is 0 Å². The number of hydrogen-bond donors (Lipinski definition) is 0. The molecule has 0 fully saturated rings. The summed E-state index contributed by atoms with van der Waals surface area (Å²) in [4.78, 5) is 0. The van der Waals surface area contributed by atoms with Crippen molar-refractivity contribution in [1.29, 1.82) is 5.26 Å². The Morgan fingerprint density at radius 3 is 1.52 bits per heavy atom. The van der Waals surface area contributed by atoms with Crippen molar-refractivity contribution in [3.8, 4) is 6.07 Å². The van der Waals surface area contributed by atoms with Crippen molar-refractivity contribution in [1.82, 2.24) is 9.34 Å². The summed E-state index contributed by atoms with van der Waals surface area (Å²) in [5.41, 5.74) is 0. The lowest BCUT2D eigenvalue weighted by atomic mass is 10.3. The normalized spacial score (nSPS) is 12.7. The first-order chi connectivity index (χ1) is 9.73. The minimum absolute atomic E-state index is 0.437. The minimum Gasteiger partial charge on any atom is -0.331 e. The molecular formula is C16H34N3OP. The van der Waals surface area contributed by atoms with Gasteiger partial charge in [0.05, 0.1) is 12.7 Å². The second-order valence-electron chi connectivity index (χ2n) is 6.48. The van der Waals surface area contributed by atoms with Gasteiger partial charge in [0.25, 0.3) is 0 Å². The topological polar surface area (TPSA) is 39.5 Å². The summed E-state index contributed by atoms with van der Waals surface area (Å²) >= 11 is 0. The largest absolute Gasteiger partial charge is 0.331 e. The van der Waals surface area contributed by atoms with Crippen LogP contribution in [0.25, 0.3) is 0 Å². The van der Waals surface area contributed by atoms with Crippen LogP contribution in [0.15, 0.2) is 0 Å². The van der Waals surface area contributed by atoms with Gasteiger partial charge in [-0.1, -0.05) is 0 Å². The van der Waals surface area contributed by atoms with Gasteiger partial charge in [-0.15, -0.1) is 0 Å². The molecule has 0 saturated carbocycles. The summed E-state index contributed by atoms with van der Waals surface area (Å²) in [7, 11) is -0.805. The Bertz CT molecular complexity index is 277.